The number of benzene rings is 1. The highest BCUT2D eigenvalue weighted by molar-refractivity contribution is 6.60. The van der Waals surface area contributed by atoms with E-state index in [9.17, 15) is 10.0 Å². The predicted octanol–water partition coefficient (Wildman–Crippen LogP) is -0.348. The van der Waals surface area contributed by atoms with Crippen molar-refractivity contribution in [2.24, 2.45) is 21.0 Å². The Morgan fingerprint density at radius 2 is 2.22 bits per heavy atom. The van der Waals surface area contributed by atoms with Gasteiger partial charge in [0.1, 0.15) is 5.75 Å². The Hall–Kier alpha value is -2.65. The number of nitrogens with one attached hydrogen (secondary N) is 1. The standard InChI is InChI=1S/C14H20BN5O3/c1-4-6-23-13-11(5-2)7-10(8-12(13)15(21)22)9-18-20-14(16)19-17-3/h5,7-9,21-22H,2-4,6H2,1H3,(H3,16,19,20). The van der Waals surface area contributed by atoms with Crippen molar-refractivity contribution in [2.45, 2.75) is 13.3 Å². The van der Waals surface area contributed by atoms with Crippen LogP contribution >= 0.6 is 0 Å². The van der Waals surface area contributed by atoms with Crippen LogP contribution in [-0.4, -0.2) is 42.7 Å². The molecule has 1 aromatic rings. The molecule has 1 aromatic carbocycles. The zero-order valence-electron chi connectivity index (χ0n) is 12.9. The van der Waals surface area contributed by atoms with Crippen LogP contribution in [0.2, 0.25) is 0 Å². The van der Waals surface area contributed by atoms with E-state index in [4.69, 9.17) is 10.5 Å². The summed E-state index contributed by atoms with van der Waals surface area (Å²) in [5, 5.41) is 29.9. The summed E-state index contributed by atoms with van der Waals surface area (Å²) in [7, 11) is -1.69. The lowest BCUT2D eigenvalue weighted by molar-refractivity contribution is 0.317. The highest BCUT2D eigenvalue weighted by Gasteiger charge is 2.20. The fourth-order valence-corrected chi connectivity index (χ4v) is 1.75. The summed E-state index contributed by atoms with van der Waals surface area (Å²) in [5.74, 6) is 0.361. The molecule has 0 amide bonds. The highest BCUT2D eigenvalue weighted by Crippen LogP contribution is 2.20. The normalized spacial score (nSPS) is 11.3. The Kier molecular flexibility index (Phi) is 7.51. The Bertz CT molecular complexity index is 617. The molecule has 8 nitrogen and oxygen atoms in total. The minimum absolute atomic E-state index is 0.0227. The second-order valence-electron chi connectivity index (χ2n) is 4.45. The van der Waals surface area contributed by atoms with Gasteiger partial charge in [-0.1, -0.05) is 19.6 Å². The van der Waals surface area contributed by atoms with E-state index in [2.05, 4.69) is 34.0 Å². The molecule has 0 saturated carbocycles. The van der Waals surface area contributed by atoms with Gasteiger partial charge in [0.15, 0.2) is 0 Å². The van der Waals surface area contributed by atoms with Gasteiger partial charge in [0.25, 0.3) is 0 Å². The number of nitrogens with zero attached hydrogens (tertiary/aromatic N) is 3. The molecular weight excluding hydrogens is 297 g/mol. The van der Waals surface area contributed by atoms with Crippen LogP contribution in [0.1, 0.15) is 24.5 Å². The molecule has 0 aliphatic carbocycles. The molecule has 0 bridgehead atoms. The monoisotopic (exact) mass is 317 g/mol. The predicted molar refractivity (Wildman–Crippen MR) is 94.0 cm³/mol. The maximum Gasteiger partial charge on any atom is 0.492 e. The number of rotatable bonds is 8. The molecule has 0 saturated heterocycles. The number of guanidine groups is 1. The van der Waals surface area contributed by atoms with Gasteiger partial charge in [0.05, 0.1) is 12.8 Å². The summed E-state index contributed by atoms with van der Waals surface area (Å²) in [4.78, 5) is 0. The number of hydrogen-bond donors (Lipinski definition) is 4. The largest absolute Gasteiger partial charge is 0.493 e. The second kappa shape index (κ2) is 9.39. The van der Waals surface area contributed by atoms with Crippen molar-refractivity contribution in [3.63, 3.8) is 0 Å². The lowest BCUT2D eigenvalue weighted by Crippen LogP contribution is -2.32. The summed E-state index contributed by atoms with van der Waals surface area (Å²) in [5.41, 5.74) is 9.18. The summed E-state index contributed by atoms with van der Waals surface area (Å²) < 4.78 is 5.59. The van der Waals surface area contributed by atoms with Crippen molar-refractivity contribution in [3.05, 3.63) is 29.8 Å². The molecule has 0 radical (unpaired) electrons. The molecule has 0 atom stereocenters. The third-order valence-electron chi connectivity index (χ3n) is 2.68. The molecule has 0 heterocycles. The number of hydrogen-bond acceptors (Lipinski definition) is 6. The van der Waals surface area contributed by atoms with Gasteiger partial charge in [-0.2, -0.15) is 10.2 Å². The van der Waals surface area contributed by atoms with E-state index in [1.807, 2.05) is 6.92 Å². The molecule has 0 fully saturated rings. The van der Waals surface area contributed by atoms with E-state index in [0.717, 1.165) is 6.42 Å². The first-order valence-electron chi connectivity index (χ1n) is 6.91. The molecule has 122 valence electrons. The van der Waals surface area contributed by atoms with Gasteiger partial charge < -0.3 is 20.5 Å². The van der Waals surface area contributed by atoms with E-state index in [-0.39, 0.29) is 11.4 Å². The molecule has 9 heteroatoms. The van der Waals surface area contributed by atoms with Crippen LogP contribution < -0.4 is 21.4 Å². The highest BCUT2D eigenvalue weighted by atomic mass is 16.5. The molecule has 5 N–H and O–H groups in total. The van der Waals surface area contributed by atoms with Crippen molar-refractivity contribution in [1.82, 2.24) is 5.43 Å². The van der Waals surface area contributed by atoms with Crippen molar-refractivity contribution in [2.75, 3.05) is 6.61 Å². The minimum atomic E-state index is -1.69. The molecule has 0 unspecified atom stereocenters. The van der Waals surface area contributed by atoms with Crippen LogP contribution in [0.4, 0.5) is 0 Å². The molecule has 0 spiro atoms. The quantitative estimate of drug-likeness (QED) is 0.226. The van der Waals surface area contributed by atoms with Gasteiger partial charge in [0.2, 0.25) is 5.96 Å². The van der Waals surface area contributed by atoms with Gasteiger partial charge in [-0.05, 0) is 24.1 Å². The average Bonchev–Trinajstić information content (AvgIpc) is 2.52. The summed E-state index contributed by atoms with van der Waals surface area (Å²) in [6, 6.07) is 3.27. The van der Waals surface area contributed by atoms with Gasteiger partial charge in [0, 0.05) is 17.7 Å². The van der Waals surface area contributed by atoms with E-state index < -0.39 is 7.12 Å². The lowest BCUT2D eigenvalue weighted by Gasteiger charge is -2.14. The maximum absolute atomic E-state index is 9.55. The number of nitrogens with two attached hydrogens (primary N) is 1. The first-order valence-corrected chi connectivity index (χ1v) is 6.91. The zero-order valence-corrected chi connectivity index (χ0v) is 12.9. The fourth-order valence-electron chi connectivity index (χ4n) is 1.75. The van der Waals surface area contributed by atoms with Crippen LogP contribution in [0.25, 0.3) is 6.08 Å². The van der Waals surface area contributed by atoms with Crippen LogP contribution in [0, 0.1) is 0 Å². The smallest absolute Gasteiger partial charge is 0.492 e. The fraction of sp³-hybridized carbons (Fsp3) is 0.214. The third kappa shape index (κ3) is 5.57. The van der Waals surface area contributed by atoms with Gasteiger partial charge in [-0.15, -0.1) is 5.10 Å². The van der Waals surface area contributed by atoms with Gasteiger partial charge >= 0.3 is 7.12 Å². The Labute approximate surface area is 135 Å². The summed E-state index contributed by atoms with van der Waals surface area (Å²) in [6.07, 6.45) is 3.76. The molecule has 23 heavy (non-hydrogen) atoms. The Morgan fingerprint density at radius 3 is 2.78 bits per heavy atom. The first-order chi connectivity index (χ1) is 11.0. The van der Waals surface area contributed by atoms with E-state index >= 15 is 0 Å². The Morgan fingerprint density at radius 1 is 1.48 bits per heavy atom. The van der Waals surface area contributed by atoms with Crippen molar-refractivity contribution >= 4 is 37.5 Å². The van der Waals surface area contributed by atoms with E-state index in [1.54, 1.807) is 12.1 Å². The summed E-state index contributed by atoms with van der Waals surface area (Å²) >= 11 is 0. The van der Waals surface area contributed by atoms with Crippen LogP contribution in [-0.2, 0) is 0 Å². The zero-order chi connectivity index (χ0) is 17.2. The van der Waals surface area contributed by atoms with Crippen LogP contribution in [0.3, 0.4) is 0 Å². The van der Waals surface area contributed by atoms with E-state index in [0.29, 0.717) is 23.5 Å². The molecule has 0 aromatic heterocycles. The van der Waals surface area contributed by atoms with E-state index in [1.165, 1.54) is 12.3 Å². The molecule has 1 rings (SSSR count). The van der Waals surface area contributed by atoms with Crippen LogP contribution in [0.5, 0.6) is 5.75 Å². The second-order valence-corrected chi connectivity index (χ2v) is 4.45. The van der Waals surface area contributed by atoms with Gasteiger partial charge in [-0.25, -0.2) is 5.43 Å². The Balaban J connectivity index is 3.18. The lowest BCUT2D eigenvalue weighted by atomic mass is 9.77. The maximum atomic E-state index is 9.55. The van der Waals surface area contributed by atoms with Crippen molar-refractivity contribution < 1.29 is 14.8 Å². The first kappa shape index (κ1) is 18.4. The minimum Gasteiger partial charge on any atom is -0.493 e. The molecule has 0 aliphatic rings. The average molecular weight is 317 g/mol. The number of hydrazone groups is 1. The van der Waals surface area contributed by atoms with Crippen LogP contribution in [0.15, 0.2) is 34.0 Å². The van der Waals surface area contributed by atoms with Gasteiger partial charge in [-0.3, -0.25) is 0 Å². The SMILES string of the molecule is C=Cc1cc(C=N/N=C(\N)NN=C)cc(B(O)O)c1OCCC. The topological polar surface area (TPSA) is 125 Å². The third-order valence-corrected chi connectivity index (χ3v) is 2.68. The summed E-state index contributed by atoms with van der Waals surface area (Å²) in [6.45, 7) is 9.32. The molecular formula is C14H20BN5O3. The van der Waals surface area contributed by atoms with Crippen molar-refractivity contribution in [1.29, 1.82) is 0 Å². The van der Waals surface area contributed by atoms with Crippen molar-refractivity contribution in [3.8, 4) is 5.75 Å². The molecule has 0 aliphatic heterocycles. The number of ether oxygens (including phenoxy) is 1.